The highest BCUT2D eigenvalue weighted by Gasteiger charge is 2.45. The van der Waals surface area contributed by atoms with Crippen molar-refractivity contribution in [2.45, 2.75) is 6.16 Å². The van der Waals surface area contributed by atoms with Crippen molar-refractivity contribution in [3.05, 3.63) is 127 Å². The van der Waals surface area contributed by atoms with Gasteiger partial charge < -0.3 is 24.0 Å². The molecule has 0 aromatic heterocycles. The van der Waals surface area contributed by atoms with Crippen molar-refractivity contribution in [2.75, 3.05) is 0 Å². The summed E-state index contributed by atoms with van der Waals surface area (Å²) in [4.78, 5) is 0. The van der Waals surface area contributed by atoms with E-state index in [1.807, 2.05) is 12.1 Å². The molecular weight excluding hydrogens is 477 g/mol. The first-order valence-electron chi connectivity index (χ1n) is 9.08. The Morgan fingerprint density at radius 2 is 0.857 bits per heavy atom. The fourth-order valence-corrected chi connectivity index (χ4v) is 7.88. The highest BCUT2D eigenvalue weighted by Crippen LogP contribution is 2.58. The van der Waals surface area contributed by atoms with Gasteiger partial charge in [-0.25, -0.2) is 4.39 Å². The van der Waals surface area contributed by atoms with Crippen LogP contribution < -0.4 is 39.9 Å². The fourth-order valence-electron chi connectivity index (χ4n) is 3.63. The molecule has 0 amide bonds. The molecule has 0 saturated heterocycles. The fraction of sp³-hybridized carbons (Fsp3) is 0.0400. The molecule has 4 rings (SSSR count). The van der Waals surface area contributed by atoms with Crippen molar-refractivity contribution in [2.24, 2.45) is 0 Å². The second-order valence-electron chi connectivity index (χ2n) is 6.60. The SMILES string of the molecule is Fc1ccc(C[P+](c2ccccc2)(c2ccccc2)c2ccccc2)cc1.[I-]. The first-order chi connectivity index (χ1) is 13.3. The predicted octanol–water partition coefficient (Wildman–Crippen LogP) is 2.32. The van der Waals surface area contributed by atoms with Gasteiger partial charge in [0.2, 0.25) is 0 Å². The molecule has 0 aliphatic rings. The first kappa shape index (κ1) is 20.7. The number of benzene rings is 4. The number of hydrogen-bond donors (Lipinski definition) is 0. The van der Waals surface area contributed by atoms with Gasteiger partial charge in [-0.3, -0.25) is 0 Å². The smallest absolute Gasteiger partial charge is 0.123 e. The van der Waals surface area contributed by atoms with Gasteiger partial charge in [0.15, 0.2) is 0 Å². The van der Waals surface area contributed by atoms with Crippen LogP contribution in [0.5, 0.6) is 0 Å². The van der Waals surface area contributed by atoms with E-state index in [0.717, 1.165) is 11.7 Å². The third kappa shape index (κ3) is 4.19. The molecule has 0 N–H and O–H groups in total. The van der Waals surface area contributed by atoms with E-state index in [9.17, 15) is 4.39 Å². The van der Waals surface area contributed by atoms with Gasteiger partial charge in [-0.05, 0) is 54.1 Å². The normalized spacial score (nSPS) is 10.9. The summed E-state index contributed by atoms with van der Waals surface area (Å²) < 4.78 is 13.5. The maximum Gasteiger partial charge on any atom is 0.123 e. The predicted molar refractivity (Wildman–Crippen MR) is 115 cm³/mol. The number of hydrogen-bond acceptors (Lipinski definition) is 0. The highest BCUT2D eigenvalue weighted by molar-refractivity contribution is 7.95. The molecule has 3 heteroatoms. The largest absolute Gasteiger partial charge is 1.00 e. The summed E-state index contributed by atoms with van der Waals surface area (Å²) in [7, 11) is -1.91. The van der Waals surface area contributed by atoms with Crippen LogP contribution in [0.15, 0.2) is 115 Å². The Balaban J connectivity index is 0.00000225. The summed E-state index contributed by atoms with van der Waals surface area (Å²) in [5.74, 6) is -0.193. The zero-order valence-corrected chi connectivity index (χ0v) is 18.4. The van der Waals surface area contributed by atoms with Crippen LogP contribution in [0.2, 0.25) is 0 Å². The van der Waals surface area contributed by atoms with Gasteiger partial charge in [-0.1, -0.05) is 66.7 Å². The average Bonchev–Trinajstić information content (AvgIpc) is 2.75. The van der Waals surface area contributed by atoms with Crippen molar-refractivity contribution in [3.63, 3.8) is 0 Å². The molecule has 4 aromatic rings. The molecule has 28 heavy (non-hydrogen) atoms. The van der Waals surface area contributed by atoms with E-state index in [1.165, 1.54) is 15.9 Å². The van der Waals surface area contributed by atoms with Crippen molar-refractivity contribution in [1.82, 2.24) is 0 Å². The lowest BCUT2D eigenvalue weighted by atomic mass is 10.2. The van der Waals surface area contributed by atoms with Gasteiger partial charge in [-0.2, -0.15) is 0 Å². The van der Waals surface area contributed by atoms with Crippen LogP contribution in [0.1, 0.15) is 5.56 Å². The van der Waals surface area contributed by atoms with Gasteiger partial charge in [0.1, 0.15) is 29.0 Å². The van der Waals surface area contributed by atoms with E-state index in [4.69, 9.17) is 0 Å². The maximum absolute atomic E-state index is 13.5. The van der Waals surface area contributed by atoms with Crippen LogP contribution in [0.25, 0.3) is 0 Å². The van der Waals surface area contributed by atoms with Crippen LogP contribution in [0, 0.1) is 5.82 Å². The Hall–Kier alpha value is -2.03. The molecule has 0 heterocycles. The Kier molecular flexibility index (Phi) is 6.98. The molecular formula is C25H21FIP. The molecule has 0 fully saturated rings. The quantitative estimate of drug-likeness (QED) is 0.293. The topological polar surface area (TPSA) is 0 Å². The van der Waals surface area contributed by atoms with Gasteiger partial charge >= 0.3 is 0 Å². The molecule has 0 spiro atoms. The Bertz CT molecular complexity index is 890. The average molecular weight is 498 g/mol. The maximum atomic E-state index is 13.5. The van der Waals surface area contributed by atoms with Crippen LogP contribution in [-0.4, -0.2) is 0 Å². The zero-order valence-electron chi connectivity index (χ0n) is 15.4. The van der Waals surface area contributed by atoms with E-state index in [1.54, 1.807) is 12.1 Å². The summed E-state index contributed by atoms with van der Waals surface area (Å²) in [6, 6.07) is 39.2. The van der Waals surface area contributed by atoms with Gasteiger partial charge in [0.05, 0.1) is 6.16 Å². The summed E-state index contributed by atoms with van der Waals surface area (Å²) >= 11 is 0. The summed E-state index contributed by atoms with van der Waals surface area (Å²) in [5, 5.41) is 4.02. The van der Waals surface area contributed by atoms with E-state index in [2.05, 4.69) is 91.0 Å². The second kappa shape index (κ2) is 9.45. The highest BCUT2D eigenvalue weighted by atomic mass is 127. The minimum Gasteiger partial charge on any atom is -1.00 e. The molecule has 0 aliphatic carbocycles. The van der Waals surface area contributed by atoms with Crippen LogP contribution in [-0.2, 0) is 6.16 Å². The third-order valence-corrected chi connectivity index (χ3v) is 9.30. The third-order valence-electron chi connectivity index (χ3n) is 4.92. The van der Waals surface area contributed by atoms with Crippen LogP contribution >= 0.6 is 7.26 Å². The molecule has 4 aromatic carbocycles. The molecule has 0 nitrogen and oxygen atoms in total. The van der Waals surface area contributed by atoms with Crippen molar-refractivity contribution < 1.29 is 28.4 Å². The Morgan fingerprint density at radius 3 is 1.21 bits per heavy atom. The van der Waals surface area contributed by atoms with Gasteiger partial charge in [0.25, 0.3) is 0 Å². The molecule has 140 valence electrons. The minimum absolute atomic E-state index is 0. The van der Waals surface area contributed by atoms with Gasteiger partial charge in [-0.15, -0.1) is 0 Å². The molecule has 0 bridgehead atoms. The van der Waals surface area contributed by atoms with Crippen molar-refractivity contribution in [3.8, 4) is 0 Å². The molecule has 0 radical (unpaired) electrons. The second-order valence-corrected chi connectivity index (χ2v) is 10.1. The number of halogens is 2. The minimum atomic E-state index is -1.91. The van der Waals surface area contributed by atoms with E-state index >= 15 is 0 Å². The lowest BCUT2D eigenvalue weighted by Gasteiger charge is -2.27. The molecule has 0 atom stereocenters. The van der Waals surface area contributed by atoms with Crippen LogP contribution in [0.3, 0.4) is 0 Å². The van der Waals surface area contributed by atoms with Crippen molar-refractivity contribution >= 4 is 23.2 Å². The zero-order chi connectivity index (χ0) is 18.5. The Morgan fingerprint density at radius 1 is 0.500 bits per heavy atom. The monoisotopic (exact) mass is 498 g/mol. The lowest BCUT2D eigenvalue weighted by molar-refractivity contribution is -0.00000585. The first-order valence-corrected chi connectivity index (χ1v) is 11.1. The molecule has 0 unspecified atom stereocenters. The van der Waals surface area contributed by atoms with Gasteiger partial charge in [0, 0.05) is 0 Å². The molecule has 0 aliphatic heterocycles. The van der Waals surface area contributed by atoms with E-state index in [0.29, 0.717) is 0 Å². The van der Waals surface area contributed by atoms with E-state index < -0.39 is 7.26 Å². The lowest BCUT2D eigenvalue weighted by Crippen LogP contribution is -3.00. The number of rotatable bonds is 5. The van der Waals surface area contributed by atoms with E-state index in [-0.39, 0.29) is 29.8 Å². The Labute approximate surface area is 183 Å². The standard InChI is InChI=1S/C25H21FP.HI/c26-22-18-16-21(17-19-22)20-27(23-10-4-1-5-11-23,24-12-6-2-7-13-24)25-14-8-3-9-15-25;/h1-19H,20H2;1H/q+1;/p-1. The van der Waals surface area contributed by atoms with Crippen molar-refractivity contribution in [1.29, 1.82) is 0 Å². The summed E-state index contributed by atoms with van der Waals surface area (Å²) in [6.07, 6.45) is 0.866. The molecule has 0 saturated carbocycles. The van der Waals surface area contributed by atoms with Crippen LogP contribution in [0.4, 0.5) is 4.39 Å². The summed E-state index contributed by atoms with van der Waals surface area (Å²) in [5.41, 5.74) is 1.15. The summed E-state index contributed by atoms with van der Waals surface area (Å²) in [6.45, 7) is 0.